The third-order valence-corrected chi connectivity index (χ3v) is 6.10. The smallest absolute Gasteiger partial charge is 0.399 e. The molecular formula is C24H21BF5NO2. The number of rotatable bonds is 4. The van der Waals surface area contributed by atoms with Crippen molar-refractivity contribution in [2.75, 3.05) is 4.90 Å². The zero-order valence-corrected chi connectivity index (χ0v) is 18.4. The van der Waals surface area contributed by atoms with Crippen LogP contribution in [0.5, 0.6) is 0 Å². The van der Waals surface area contributed by atoms with Gasteiger partial charge in [-0.05, 0) is 57.4 Å². The van der Waals surface area contributed by atoms with Crippen LogP contribution >= 0.6 is 0 Å². The molecule has 33 heavy (non-hydrogen) atoms. The van der Waals surface area contributed by atoms with Gasteiger partial charge in [0.2, 0.25) is 5.82 Å². The molecular weight excluding hydrogens is 440 g/mol. The van der Waals surface area contributed by atoms with Gasteiger partial charge >= 0.3 is 7.12 Å². The number of benzene rings is 3. The summed E-state index contributed by atoms with van der Waals surface area (Å²) in [6.45, 7) is 7.62. The highest BCUT2D eigenvalue weighted by Gasteiger charge is 2.51. The van der Waals surface area contributed by atoms with Crippen LogP contribution in [0.4, 0.5) is 39.0 Å². The van der Waals surface area contributed by atoms with Gasteiger partial charge in [0.1, 0.15) is 5.69 Å². The van der Waals surface area contributed by atoms with E-state index in [-0.39, 0.29) is 11.4 Å². The molecule has 9 heteroatoms. The Hall–Kier alpha value is -2.91. The lowest BCUT2D eigenvalue weighted by atomic mass is 9.79. The fourth-order valence-electron chi connectivity index (χ4n) is 3.53. The Bertz CT molecular complexity index is 1140. The Morgan fingerprint density at radius 3 is 1.52 bits per heavy atom. The van der Waals surface area contributed by atoms with Gasteiger partial charge in [-0.2, -0.15) is 0 Å². The fraction of sp³-hybridized carbons (Fsp3) is 0.250. The molecule has 1 aliphatic heterocycles. The minimum atomic E-state index is -2.21. The van der Waals surface area contributed by atoms with E-state index < -0.39 is 53.1 Å². The Labute approximate surface area is 188 Å². The number of para-hydroxylation sites is 1. The first kappa shape index (κ1) is 23.3. The van der Waals surface area contributed by atoms with Crippen molar-refractivity contribution in [2.45, 2.75) is 38.9 Å². The molecule has 4 rings (SSSR count). The first-order chi connectivity index (χ1) is 15.4. The number of anilines is 3. The van der Waals surface area contributed by atoms with Crippen LogP contribution in [0.2, 0.25) is 0 Å². The lowest BCUT2D eigenvalue weighted by Crippen LogP contribution is -2.41. The summed E-state index contributed by atoms with van der Waals surface area (Å²) in [7, 11) is -0.677. The zero-order chi connectivity index (χ0) is 24.1. The molecule has 1 fully saturated rings. The van der Waals surface area contributed by atoms with E-state index in [0.29, 0.717) is 5.46 Å². The maximum absolute atomic E-state index is 14.7. The highest BCUT2D eigenvalue weighted by molar-refractivity contribution is 6.62. The molecule has 0 amide bonds. The quantitative estimate of drug-likeness (QED) is 0.201. The molecule has 0 N–H and O–H groups in total. The van der Waals surface area contributed by atoms with E-state index in [2.05, 4.69) is 0 Å². The highest BCUT2D eigenvalue weighted by Crippen LogP contribution is 2.40. The number of hydrogen-bond acceptors (Lipinski definition) is 3. The zero-order valence-electron chi connectivity index (χ0n) is 18.4. The second-order valence-electron chi connectivity index (χ2n) is 8.77. The van der Waals surface area contributed by atoms with Crippen LogP contribution in [-0.2, 0) is 9.31 Å². The van der Waals surface area contributed by atoms with E-state index in [1.807, 2.05) is 27.7 Å². The summed E-state index contributed by atoms with van der Waals surface area (Å²) in [6, 6.07) is 14.1. The van der Waals surface area contributed by atoms with E-state index in [1.165, 1.54) is 24.3 Å². The molecule has 0 atom stereocenters. The summed E-state index contributed by atoms with van der Waals surface area (Å²) in [5.41, 5.74) is -1.17. The second-order valence-corrected chi connectivity index (χ2v) is 8.77. The van der Waals surface area contributed by atoms with E-state index in [9.17, 15) is 22.0 Å². The SMILES string of the molecule is CC1(C)OB(c2ccc(N(c3ccccc3)c3c(F)c(F)c(F)c(F)c3F)cc2)OC1(C)C. The van der Waals surface area contributed by atoms with Crippen LogP contribution in [0.1, 0.15) is 27.7 Å². The Balaban J connectivity index is 1.81. The van der Waals surface area contributed by atoms with Gasteiger partial charge in [0.25, 0.3) is 0 Å². The monoisotopic (exact) mass is 461 g/mol. The number of hydrogen-bond donors (Lipinski definition) is 0. The van der Waals surface area contributed by atoms with Crippen molar-refractivity contribution in [2.24, 2.45) is 0 Å². The molecule has 1 saturated heterocycles. The van der Waals surface area contributed by atoms with Crippen LogP contribution in [0.25, 0.3) is 0 Å². The van der Waals surface area contributed by atoms with Crippen molar-refractivity contribution >= 4 is 29.6 Å². The van der Waals surface area contributed by atoms with Gasteiger partial charge in [0, 0.05) is 11.4 Å². The molecule has 3 nitrogen and oxygen atoms in total. The third kappa shape index (κ3) is 3.89. The number of halogens is 5. The van der Waals surface area contributed by atoms with Crippen molar-refractivity contribution in [1.29, 1.82) is 0 Å². The Kier molecular flexibility index (Phi) is 5.74. The normalized spacial score (nSPS) is 16.8. The molecule has 172 valence electrons. The van der Waals surface area contributed by atoms with Gasteiger partial charge in [-0.1, -0.05) is 30.3 Å². The fourth-order valence-corrected chi connectivity index (χ4v) is 3.53. The molecule has 0 bridgehead atoms. The highest BCUT2D eigenvalue weighted by atomic mass is 19.2. The van der Waals surface area contributed by atoms with E-state index in [1.54, 1.807) is 30.3 Å². The van der Waals surface area contributed by atoms with Crippen molar-refractivity contribution < 1.29 is 31.3 Å². The summed E-state index contributed by atoms with van der Waals surface area (Å²) in [6.07, 6.45) is 0. The molecule has 0 saturated carbocycles. The van der Waals surface area contributed by atoms with Gasteiger partial charge in [-0.15, -0.1) is 0 Å². The summed E-state index contributed by atoms with van der Waals surface area (Å²) in [5.74, 6) is -10.1. The number of nitrogens with zero attached hydrogens (tertiary/aromatic N) is 1. The first-order valence-electron chi connectivity index (χ1n) is 10.3. The molecule has 1 aliphatic rings. The summed E-state index contributed by atoms with van der Waals surface area (Å²) in [4.78, 5) is 0.976. The second kappa shape index (κ2) is 8.15. The largest absolute Gasteiger partial charge is 0.494 e. The molecule has 3 aromatic carbocycles. The van der Waals surface area contributed by atoms with Crippen LogP contribution in [0, 0.1) is 29.1 Å². The van der Waals surface area contributed by atoms with Gasteiger partial charge in [-0.3, -0.25) is 0 Å². The molecule has 0 aromatic heterocycles. The van der Waals surface area contributed by atoms with Gasteiger partial charge in [0.05, 0.1) is 11.2 Å². The van der Waals surface area contributed by atoms with Crippen LogP contribution in [0.3, 0.4) is 0 Å². The summed E-state index contributed by atoms with van der Waals surface area (Å²) >= 11 is 0. The predicted octanol–water partition coefficient (Wildman–Crippen LogP) is 6.15. The lowest BCUT2D eigenvalue weighted by Gasteiger charge is -2.32. The molecule has 0 radical (unpaired) electrons. The minimum absolute atomic E-state index is 0.185. The topological polar surface area (TPSA) is 21.7 Å². The molecule has 3 aromatic rings. The molecule has 0 aliphatic carbocycles. The standard InChI is InChI=1S/C24H21BF5NO2/c1-23(2)24(3,4)33-25(32-23)14-10-12-16(13-11-14)31(15-8-6-5-7-9-15)22-20(29)18(27)17(26)19(28)21(22)30/h5-13H,1-4H3. The van der Waals surface area contributed by atoms with Gasteiger partial charge in [0.15, 0.2) is 23.3 Å². The summed E-state index contributed by atoms with van der Waals surface area (Å²) in [5, 5.41) is 0. The van der Waals surface area contributed by atoms with E-state index in [0.717, 1.165) is 4.90 Å². The average Bonchev–Trinajstić information content (AvgIpc) is 3.01. The minimum Gasteiger partial charge on any atom is -0.399 e. The van der Waals surface area contributed by atoms with E-state index >= 15 is 0 Å². The van der Waals surface area contributed by atoms with Crippen LogP contribution in [-0.4, -0.2) is 18.3 Å². The molecule has 0 spiro atoms. The van der Waals surface area contributed by atoms with Crippen molar-refractivity contribution in [3.63, 3.8) is 0 Å². The van der Waals surface area contributed by atoms with Crippen molar-refractivity contribution in [1.82, 2.24) is 0 Å². The van der Waals surface area contributed by atoms with Crippen molar-refractivity contribution in [3.8, 4) is 0 Å². The third-order valence-electron chi connectivity index (χ3n) is 6.10. The van der Waals surface area contributed by atoms with Gasteiger partial charge in [-0.25, -0.2) is 22.0 Å². The summed E-state index contributed by atoms with van der Waals surface area (Å²) < 4.78 is 83.1. The molecule has 1 heterocycles. The Morgan fingerprint density at radius 1 is 0.606 bits per heavy atom. The maximum Gasteiger partial charge on any atom is 0.494 e. The average molecular weight is 461 g/mol. The predicted molar refractivity (Wildman–Crippen MR) is 117 cm³/mol. The van der Waals surface area contributed by atoms with Gasteiger partial charge < -0.3 is 14.2 Å². The van der Waals surface area contributed by atoms with Crippen LogP contribution in [0.15, 0.2) is 54.6 Å². The van der Waals surface area contributed by atoms with E-state index in [4.69, 9.17) is 9.31 Å². The van der Waals surface area contributed by atoms with Crippen LogP contribution < -0.4 is 10.4 Å². The Morgan fingerprint density at radius 2 is 1.03 bits per heavy atom. The maximum atomic E-state index is 14.7. The first-order valence-corrected chi connectivity index (χ1v) is 10.3. The lowest BCUT2D eigenvalue weighted by molar-refractivity contribution is 0.00578. The molecule has 0 unspecified atom stereocenters. The van der Waals surface area contributed by atoms with Crippen molar-refractivity contribution in [3.05, 3.63) is 83.7 Å².